The van der Waals surface area contributed by atoms with Crippen LogP contribution in [0, 0.1) is 23.2 Å². The lowest BCUT2D eigenvalue weighted by Crippen LogP contribution is -2.41. The molecule has 0 amide bonds. The summed E-state index contributed by atoms with van der Waals surface area (Å²) in [6.45, 7) is 4.91. The van der Waals surface area contributed by atoms with Crippen LogP contribution in [0.25, 0.3) is 0 Å². The van der Waals surface area contributed by atoms with Crippen LogP contribution < -0.4 is 5.32 Å². The monoisotopic (exact) mass is 219 g/mol. The summed E-state index contributed by atoms with van der Waals surface area (Å²) in [5.74, 6) is 2.79. The highest BCUT2D eigenvalue weighted by Crippen LogP contribution is 2.44. The molecule has 0 heterocycles. The fourth-order valence-corrected chi connectivity index (χ4v) is 3.98. The van der Waals surface area contributed by atoms with Crippen LogP contribution in [0.15, 0.2) is 12.2 Å². The first-order valence-corrected chi connectivity index (χ1v) is 7.20. The minimum atomic E-state index is 0.688. The Kier molecular flexibility index (Phi) is 2.83. The zero-order valence-electron chi connectivity index (χ0n) is 10.5. The van der Waals surface area contributed by atoms with E-state index >= 15 is 0 Å². The number of allylic oxidation sites excluding steroid dienone is 2. The molecule has 0 spiro atoms. The van der Waals surface area contributed by atoms with Crippen LogP contribution in [0.1, 0.15) is 45.4 Å². The van der Waals surface area contributed by atoms with Gasteiger partial charge in [0.25, 0.3) is 0 Å². The predicted octanol–water partition coefficient (Wildman–Crippen LogP) is 3.37. The van der Waals surface area contributed by atoms with Crippen molar-refractivity contribution < 1.29 is 0 Å². The van der Waals surface area contributed by atoms with Crippen molar-refractivity contribution in [2.45, 2.75) is 45.4 Å². The van der Waals surface area contributed by atoms with Crippen molar-refractivity contribution >= 4 is 0 Å². The van der Waals surface area contributed by atoms with Gasteiger partial charge in [-0.1, -0.05) is 25.5 Å². The first kappa shape index (κ1) is 10.8. The Hall–Kier alpha value is -0.300. The molecule has 1 N–H and O–H groups in total. The maximum Gasteiger partial charge on any atom is 0.000782 e. The zero-order valence-corrected chi connectivity index (χ0v) is 10.5. The van der Waals surface area contributed by atoms with E-state index in [2.05, 4.69) is 24.4 Å². The highest BCUT2D eigenvalue weighted by Gasteiger charge is 2.37. The van der Waals surface area contributed by atoms with E-state index in [1.165, 1.54) is 51.6 Å². The van der Waals surface area contributed by atoms with Gasteiger partial charge in [-0.2, -0.15) is 0 Å². The van der Waals surface area contributed by atoms with Crippen LogP contribution in [-0.2, 0) is 0 Å². The second-order valence-corrected chi connectivity index (χ2v) is 6.38. The minimum absolute atomic E-state index is 0.688. The molecule has 2 fully saturated rings. The quantitative estimate of drug-likeness (QED) is 0.699. The average Bonchev–Trinajstić information content (AvgIpc) is 2.83. The van der Waals surface area contributed by atoms with E-state index in [4.69, 9.17) is 0 Å². The third kappa shape index (κ3) is 1.84. The van der Waals surface area contributed by atoms with Crippen LogP contribution in [0.2, 0.25) is 0 Å². The van der Waals surface area contributed by atoms with Gasteiger partial charge < -0.3 is 5.32 Å². The van der Waals surface area contributed by atoms with E-state index in [0.29, 0.717) is 5.41 Å². The van der Waals surface area contributed by atoms with Crippen molar-refractivity contribution in [3.8, 4) is 0 Å². The highest BCUT2D eigenvalue weighted by molar-refractivity contribution is 5.10. The molecule has 3 rings (SSSR count). The van der Waals surface area contributed by atoms with Gasteiger partial charge in [-0.3, -0.25) is 0 Å². The van der Waals surface area contributed by atoms with Crippen LogP contribution >= 0.6 is 0 Å². The molecule has 2 bridgehead atoms. The van der Waals surface area contributed by atoms with Crippen molar-refractivity contribution in [3.63, 3.8) is 0 Å². The topological polar surface area (TPSA) is 12.0 Å². The van der Waals surface area contributed by atoms with Crippen molar-refractivity contribution in [1.82, 2.24) is 5.32 Å². The Morgan fingerprint density at radius 1 is 1.25 bits per heavy atom. The van der Waals surface area contributed by atoms with E-state index in [0.717, 1.165) is 17.8 Å². The van der Waals surface area contributed by atoms with Crippen LogP contribution in [-0.4, -0.2) is 13.1 Å². The summed E-state index contributed by atoms with van der Waals surface area (Å²) in [5, 5.41) is 3.77. The van der Waals surface area contributed by atoms with Gasteiger partial charge in [0.2, 0.25) is 0 Å². The first-order chi connectivity index (χ1) is 7.81. The Morgan fingerprint density at radius 3 is 2.62 bits per heavy atom. The Morgan fingerprint density at radius 2 is 2.12 bits per heavy atom. The van der Waals surface area contributed by atoms with Crippen LogP contribution in [0.3, 0.4) is 0 Å². The van der Waals surface area contributed by atoms with Gasteiger partial charge >= 0.3 is 0 Å². The summed E-state index contributed by atoms with van der Waals surface area (Å²) in [7, 11) is 0. The largest absolute Gasteiger partial charge is 0.316 e. The molecule has 3 aliphatic carbocycles. The zero-order chi connectivity index (χ0) is 11.0. The van der Waals surface area contributed by atoms with E-state index in [1.54, 1.807) is 0 Å². The normalized spacial score (nSPS) is 38.9. The van der Waals surface area contributed by atoms with Gasteiger partial charge in [-0.05, 0) is 61.8 Å². The maximum atomic E-state index is 3.77. The SMILES string of the molecule is CCC1(CNCC2CC3C=CC2C3)CCC1. The molecule has 0 aromatic rings. The molecule has 1 heteroatoms. The van der Waals surface area contributed by atoms with Gasteiger partial charge in [0.05, 0.1) is 0 Å². The van der Waals surface area contributed by atoms with E-state index in [9.17, 15) is 0 Å². The molecule has 3 unspecified atom stereocenters. The third-order valence-electron chi connectivity index (χ3n) is 5.49. The number of hydrogen-bond donors (Lipinski definition) is 1. The van der Waals surface area contributed by atoms with E-state index in [-0.39, 0.29) is 0 Å². The molecule has 0 aromatic carbocycles. The molecule has 3 atom stereocenters. The van der Waals surface area contributed by atoms with Gasteiger partial charge in [0.15, 0.2) is 0 Å². The molecule has 16 heavy (non-hydrogen) atoms. The highest BCUT2D eigenvalue weighted by atomic mass is 14.9. The van der Waals surface area contributed by atoms with Crippen molar-refractivity contribution in [1.29, 1.82) is 0 Å². The minimum Gasteiger partial charge on any atom is -0.316 e. The van der Waals surface area contributed by atoms with Crippen molar-refractivity contribution in [2.24, 2.45) is 23.2 Å². The standard InChI is InChI=1S/C15H25N/c1-2-15(6-3-7-15)11-16-10-14-9-12-4-5-13(14)8-12/h4-5,12-14,16H,2-3,6-11H2,1H3. The molecule has 90 valence electrons. The Labute approximate surface area is 99.7 Å². The van der Waals surface area contributed by atoms with Crippen LogP contribution in [0.5, 0.6) is 0 Å². The molecule has 3 aliphatic rings. The Balaban J connectivity index is 1.42. The number of nitrogens with one attached hydrogen (secondary N) is 1. The lowest BCUT2D eigenvalue weighted by Gasteiger charge is -2.42. The number of rotatable bonds is 5. The van der Waals surface area contributed by atoms with Crippen molar-refractivity contribution in [3.05, 3.63) is 12.2 Å². The molecular formula is C15H25N. The molecule has 0 aliphatic heterocycles. The average molecular weight is 219 g/mol. The summed E-state index contributed by atoms with van der Waals surface area (Å²) >= 11 is 0. The Bertz CT molecular complexity index is 272. The lowest BCUT2D eigenvalue weighted by molar-refractivity contribution is 0.121. The summed E-state index contributed by atoms with van der Waals surface area (Å²) in [4.78, 5) is 0. The summed E-state index contributed by atoms with van der Waals surface area (Å²) in [6.07, 6.45) is 13.6. The fourth-order valence-electron chi connectivity index (χ4n) is 3.98. The number of fused-ring (bicyclic) bond motifs is 2. The van der Waals surface area contributed by atoms with Gasteiger partial charge in [0, 0.05) is 6.54 Å². The molecule has 0 aromatic heterocycles. The maximum absolute atomic E-state index is 3.77. The molecule has 0 saturated heterocycles. The molecular weight excluding hydrogens is 194 g/mol. The lowest BCUT2D eigenvalue weighted by atomic mass is 9.67. The molecule has 2 saturated carbocycles. The van der Waals surface area contributed by atoms with Gasteiger partial charge in [-0.25, -0.2) is 0 Å². The smallest absolute Gasteiger partial charge is 0.000782 e. The summed E-state index contributed by atoms with van der Waals surface area (Å²) in [5.41, 5.74) is 0.688. The number of hydrogen-bond acceptors (Lipinski definition) is 1. The first-order valence-electron chi connectivity index (χ1n) is 7.20. The molecule has 1 nitrogen and oxygen atoms in total. The van der Waals surface area contributed by atoms with E-state index in [1.807, 2.05) is 0 Å². The third-order valence-corrected chi connectivity index (χ3v) is 5.49. The van der Waals surface area contributed by atoms with Gasteiger partial charge in [0.1, 0.15) is 0 Å². The van der Waals surface area contributed by atoms with Gasteiger partial charge in [-0.15, -0.1) is 0 Å². The second-order valence-electron chi connectivity index (χ2n) is 6.38. The fraction of sp³-hybridized carbons (Fsp3) is 0.867. The second kappa shape index (κ2) is 4.18. The summed E-state index contributed by atoms with van der Waals surface area (Å²) < 4.78 is 0. The summed E-state index contributed by atoms with van der Waals surface area (Å²) in [6, 6.07) is 0. The van der Waals surface area contributed by atoms with E-state index < -0.39 is 0 Å². The predicted molar refractivity (Wildman–Crippen MR) is 68.3 cm³/mol. The van der Waals surface area contributed by atoms with Crippen LogP contribution in [0.4, 0.5) is 0 Å². The molecule has 0 radical (unpaired) electrons. The van der Waals surface area contributed by atoms with Crippen molar-refractivity contribution in [2.75, 3.05) is 13.1 Å².